The Morgan fingerprint density at radius 1 is 1.16 bits per heavy atom. The molecule has 2 N–H and O–H groups in total. The second-order valence-corrected chi connectivity index (χ2v) is 5.10. The van der Waals surface area contributed by atoms with Gasteiger partial charge in [0.15, 0.2) is 5.78 Å². The highest BCUT2D eigenvalue weighted by atomic mass is 32.2. The third-order valence-corrected chi connectivity index (χ3v) is 3.56. The van der Waals surface area contributed by atoms with Gasteiger partial charge in [-0.15, -0.1) is 0 Å². The minimum atomic E-state index is -0.626. The Morgan fingerprint density at radius 2 is 1.89 bits per heavy atom. The van der Waals surface area contributed by atoms with Gasteiger partial charge in [-0.2, -0.15) is 0 Å². The van der Waals surface area contributed by atoms with Crippen LogP contribution in [-0.4, -0.2) is 5.78 Å². The van der Waals surface area contributed by atoms with Crippen molar-refractivity contribution in [3.8, 4) is 0 Å². The Morgan fingerprint density at radius 3 is 2.47 bits per heavy atom. The number of hydrogen-bond acceptors (Lipinski definition) is 3. The van der Waals surface area contributed by atoms with E-state index < -0.39 is 11.6 Å². The molecule has 5 heteroatoms. The monoisotopic (exact) mass is 279 g/mol. The number of anilines is 1. The van der Waals surface area contributed by atoms with Gasteiger partial charge in [0.2, 0.25) is 0 Å². The van der Waals surface area contributed by atoms with Gasteiger partial charge in [0, 0.05) is 27.1 Å². The zero-order valence-electron chi connectivity index (χ0n) is 10.1. The fraction of sp³-hybridized carbons (Fsp3) is 0.0714. The molecule has 0 amide bonds. The van der Waals surface area contributed by atoms with Gasteiger partial charge in [-0.25, -0.2) is 8.78 Å². The standard InChI is InChI=1S/C14H11F2NOS/c1-8(18)11-4-3-10(7-13(11)17)19-14-5-2-9(15)6-12(14)16/h2-7H,17H2,1H3. The molecule has 0 aromatic heterocycles. The molecule has 0 aliphatic heterocycles. The Labute approximate surface area is 113 Å². The maximum Gasteiger partial charge on any atom is 0.161 e. The molecular formula is C14H11F2NOS. The van der Waals surface area contributed by atoms with E-state index in [1.54, 1.807) is 18.2 Å². The first-order chi connectivity index (χ1) is 8.97. The van der Waals surface area contributed by atoms with E-state index in [2.05, 4.69) is 0 Å². The summed E-state index contributed by atoms with van der Waals surface area (Å²) in [5.41, 5.74) is 6.53. The zero-order valence-corrected chi connectivity index (χ0v) is 10.9. The van der Waals surface area contributed by atoms with Crippen LogP contribution in [0.5, 0.6) is 0 Å². The predicted molar refractivity (Wildman–Crippen MR) is 71.3 cm³/mol. The molecule has 0 saturated heterocycles. The van der Waals surface area contributed by atoms with Crippen LogP contribution in [0.15, 0.2) is 46.2 Å². The predicted octanol–water partition coefficient (Wildman–Crippen LogP) is 3.90. The lowest BCUT2D eigenvalue weighted by molar-refractivity contribution is 0.101. The SMILES string of the molecule is CC(=O)c1ccc(Sc2ccc(F)cc2F)cc1N. The lowest BCUT2D eigenvalue weighted by atomic mass is 10.1. The molecule has 0 heterocycles. The molecule has 0 aliphatic carbocycles. The van der Waals surface area contributed by atoms with E-state index in [-0.39, 0.29) is 5.78 Å². The molecule has 98 valence electrons. The maximum atomic E-state index is 13.5. The average Bonchev–Trinajstić information content (AvgIpc) is 2.32. The highest BCUT2D eigenvalue weighted by Crippen LogP contribution is 2.32. The third-order valence-electron chi connectivity index (χ3n) is 2.52. The lowest BCUT2D eigenvalue weighted by Gasteiger charge is -2.06. The molecule has 0 bridgehead atoms. The largest absolute Gasteiger partial charge is 0.398 e. The topological polar surface area (TPSA) is 43.1 Å². The van der Waals surface area contributed by atoms with E-state index >= 15 is 0 Å². The summed E-state index contributed by atoms with van der Waals surface area (Å²) in [5.74, 6) is -1.37. The fourth-order valence-electron chi connectivity index (χ4n) is 1.61. The van der Waals surface area contributed by atoms with Crippen LogP contribution in [0.4, 0.5) is 14.5 Å². The van der Waals surface area contributed by atoms with Gasteiger partial charge in [-0.1, -0.05) is 11.8 Å². The molecule has 2 aromatic carbocycles. The summed E-state index contributed by atoms with van der Waals surface area (Å²) in [5, 5.41) is 0. The van der Waals surface area contributed by atoms with Gasteiger partial charge in [-0.3, -0.25) is 4.79 Å². The molecule has 0 saturated carbocycles. The minimum absolute atomic E-state index is 0.123. The fourth-order valence-corrected chi connectivity index (χ4v) is 2.48. The van der Waals surface area contributed by atoms with E-state index in [0.717, 1.165) is 17.8 Å². The van der Waals surface area contributed by atoms with Crippen molar-refractivity contribution < 1.29 is 13.6 Å². The number of carbonyl (C=O) groups is 1. The summed E-state index contributed by atoms with van der Waals surface area (Å²) in [4.78, 5) is 12.2. The average molecular weight is 279 g/mol. The van der Waals surface area contributed by atoms with Gasteiger partial charge >= 0.3 is 0 Å². The summed E-state index contributed by atoms with van der Waals surface area (Å²) in [6, 6.07) is 8.27. The number of hydrogen-bond donors (Lipinski definition) is 1. The second kappa shape index (κ2) is 5.40. The van der Waals surface area contributed by atoms with Crippen molar-refractivity contribution in [1.82, 2.24) is 0 Å². The Bertz CT molecular complexity index is 643. The third kappa shape index (κ3) is 3.12. The minimum Gasteiger partial charge on any atom is -0.398 e. The van der Waals surface area contributed by atoms with E-state index in [9.17, 15) is 13.6 Å². The Kier molecular flexibility index (Phi) is 3.85. The van der Waals surface area contributed by atoms with Crippen LogP contribution >= 0.6 is 11.8 Å². The lowest BCUT2D eigenvalue weighted by Crippen LogP contribution is -1.99. The van der Waals surface area contributed by atoms with Crippen LogP contribution in [-0.2, 0) is 0 Å². The van der Waals surface area contributed by atoms with Crippen molar-refractivity contribution in [2.45, 2.75) is 16.7 Å². The quantitative estimate of drug-likeness (QED) is 0.684. The first-order valence-corrected chi connectivity index (χ1v) is 6.32. The summed E-state index contributed by atoms with van der Waals surface area (Å²) < 4.78 is 26.3. The normalized spacial score (nSPS) is 10.5. The summed E-state index contributed by atoms with van der Waals surface area (Å²) in [6.07, 6.45) is 0. The molecule has 0 aliphatic rings. The van der Waals surface area contributed by atoms with Crippen LogP contribution < -0.4 is 5.73 Å². The van der Waals surface area contributed by atoms with Crippen molar-refractivity contribution in [2.24, 2.45) is 0 Å². The number of halogens is 2. The molecule has 2 rings (SSSR count). The molecular weight excluding hydrogens is 268 g/mol. The maximum absolute atomic E-state index is 13.5. The van der Waals surface area contributed by atoms with Crippen LogP contribution in [0.3, 0.4) is 0 Å². The Hall–Kier alpha value is -1.88. The van der Waals surface area contributed by atoms with Gasteiger partial charge in [0.25, 0.3) is 0 Å². The summed E-state index contributed by atoms with van der Waals surface area (Å²) >= 11 is 1.12. The highest BCUT2D eigenvalue weighted by molar-refractivity contribution is 7.99. The van der Waals surface area contributed by atoms with Crippen LogP contribution in [0.1, 0.15) is 17.3 Å². The van der Waals surface area contributed by atoms with Crippen molar-refractivity contribution >= 4 is 23.2 Å². The number of nitrogen functional groups attached to an aromatic ring is 1. The van der Waals surface area contributed by atoms with Crippen molar-refractivity contribution in [1.29, 1.82) is 0 Å². The van der Waals surface area contributed by atoms with Gasteiger partial charge in [0.1, 0.15) is 11.6 Å². The highest BCUT2D eigenvalue weighted by Gasteiger charge is 2.09. The van der Waals surface area contributed by atoms with E-state index in [0.29, 0.717) is 21.0 Å². The van der Waals surface area contributed by atoms with Crippen LogP contribution in [0.25, 0.3) is 0 Å². The van der Waals surface area contributed by atoms with E-state index in [1.165, 1.54) is 19.1 Å². The van der Waals surface area contributed by atoms with Crippen molar-refractivity contribution in [2.75, 3.05) is 5.73 Å². The molecule has 19 heavy (non-hydrogen) atoms. The van der Waals surface area contributed by atoms with Crippen molar-refractivity contribution in [3.05, 3.63) is 53.6 Å². The number of carbonyl (C=O) groups excluding carboxylic acids is 1. The van der Waals surface area contributed by atoms with Gasteiger partial charge in [0.05, 0.1) is 0 Å². The summed E-state index contributed by atoms with van der Waals surface area (Å²) in [6.45, 7) is 1.43. The first-order valence-electron chi connectivity index (χ1n) is 5.51. The number of ketones is 1. The molecule has 0 fully saturated rings. The molecule has 2 nitrogen and oxygen atoms in total. The number of nitrogens with two attached hydrogens (primary N) is 1. The molecule has 0 atom stereocenters. The van der Waals surface area contributed by atoms with Crippen molar-refractivity contribution in [3.63, 3.8) is 0 Å². The molecule has 0 unspecified atom stereocenters. The van der Waals surface area contributed by atoms with Gasteiger partial charge in [-0.05, 0) is 37.3 Å². The van der Waals surface area contributed by atoms with Crippen LogP contribution in [0, 0.1) is 11.6 Å². The van der Waals surface area contributed by atoms with E-state index in [1.807, 2.05) is 0 Å². The second-order valence-electron chi connectivity index (χ2n) is 3.98. The number of Topliss-reactive ketones (excluding diaryl/α,β-unsaturated/α-hetero) is 1. The number of benzene rings is 2. The molecule has 0 radical (unpaired) electrons. The smallest absolute Gasteiger partial charge is 0.161 e. The molecule has 0 spiro atoms. The number of rotatable bonds is 3. The summed E-state index contributed by atoms with van der Waals surface area (Å²) in [7, 11) is 0. The molecule has 2 aromatic rings. The van der Waals surface area contributed by atoms with Gasteiger partial charge < -0.3 is 5.73 Å². The Balaban J connectivity index is 2.29. The van der Waals surface area contributed by atoms with Crippen LogP contribution in [0.2, 0.25) is 0 Å². The van der Waals surface area contributed by atoms with E-state index in [4.69, 9.17) is 5.73 Å². The zero-order chi connectivity index (χ0) is 14.0. The first kappa shape index (κ1) is 13.5.